The van der Waals surface area contributed by atoms with Crippen LogP contribution in [0.2, 0.25) is 0 Å². The molecule has 1 heterocycles. The number of nitrogens with one attached hydrogen (secondary N) is 3. The minimum absolute atomic E-state index is 0.0555. The van der Waals surface area contributed by atoms with Crippen LogP contribution in [0.5, 0.6) is 0 Å². The van der Waals surface area contributed by atoms with Gasteiger partial charge in [0.2, 0.25) is 10.0 Å². The summed E-state index contributed by atoms with van der Waals surface area (Å²) in [5.41, 5.74) is -0.143. The van der Waals surface area contributed by atoms with Crippen molar-refractivity contribution in [1.82, 2.24) is 15.0 Å². The Bertz CT molecular complexity index is 548. The molecule has 0 bridgehead atoms. The highest BCUT2D eigenvalue weighted by molar-refractivity contribution is 7.89. The monoisotopic (exact) mass is 287 g/mol. The summed E-state index contributed by atoms with van der Waals surface area (Å²) < 4.78 is 26.1. The summed E-state index contributed by atoms with van der Waals surface area (Å²) in [6.45, 7) is 1.11. The van der Waals surface area contributed by atoms with Gasteiger partial charge >= 0.3 is 5.97 Å². The van der Waals surface area contributed by atoms with Gasteiger partial charge in [-0.2, -0.15) is 0 Å². The summed E-state index contributed by atoms with van der Waals surface area (Å²) >= 11 is 0. The number of hydrogen-bond donors (Lipinski definition) is 4. The quantitative estimate of drug-likeness (QED) is 0.508. The molecule has 1 aliphatic carbocycles. The number of carbonyl (C=O) groups is 1. The van der Waals surface area contributed by atoms with E-state index in [1.54, 1.807) is 0 Å². The predicted octanol–water partition coefficient (Wildman–Crippen LogP) is 0.133. The summed E-state index contributed by atoms with van der Waals surface area (Å²) in [5, 5.41) is 12.0. The Kier molecular flexibility index (Phi) is 4.23. The molecule has 1 fully saturated rings. The lowest BCUT2D eigenvalue weighted by molar-refractivity contribution is 0.0691. The molecule has 1 aromatic rings. The zero-order chi connectivity index (χ0) is 13.9. The maximum atomic E-state index is 11.8. The van der Waals surface area contributed by atoms with Gasteiger partial charge in [0.15, 0.2) is 0 Å². The summed E-state index contributed by atoms with van der Waals surface area (Å²) in [7, 11) is -3.63. The minimum atomic E-state index is -3.63. The second kappa shape index (κ2) is 5.72. The van der Waals surface area contributed by atoms with E-state index in [1.807, 2.05) is 0 Å². The van der Waals surface area contributed by atoms with Gasteiger partial charge in [-0.15, -0.1) is 0 Å². The molecule has 0 unspecified atom stereocenters. The van der Waals surface area contributed by atoms with Gasteiger partial charge in [0, 0.05) is 18.8 Å². The molecule has 0 spiro atoms. The van der Waals surface area contributed by atoms with E-state index in [0.717, 1.165) is 12.6 Å². The van der Waals surface area contributed by atoms with E-state index in [-0.39, 0.29) is 10.6 Å². The van der Waals surface area contributed by atoms with E-state index in [2.05, 4.69) is 15.0 Å². The Morgan fingerprint density at radius 3 is 2.74 bits per heavy atom. The fourth-order valence-electron chi connectivity index (χ4n) is 1.62. The normalized spacial score (nSPS) is 15.6. The number of sulfonamides is 1. The first-order valence-corrected chi connectivity index (χ1v) is 7.62. The Balaban J connectivity index is 1.80. The number of aromatic carboxylic acids is 1. The van der Waals surface area contributed by atoms with Crippen LogP contribution in [0.15, 0.2) is 17.2 Å². The van der Waals surface area contributed by atoms with Gasteiger partial charge in [-0.3, -0.25) is 0 Å². The van der Waals surface area contributed by atoms with Crippen molar-refractivity contribution in [2.24, 2.45) is 0 Å². The highest BCUT2D eigenvalue weighted by Crippen LogP contribution is 2.18. The summed E-state index contributed by atoms with van der Waals surface area (Å²) in [5.74, 6) is -1.19. The highest BCUT2D eigenvalue weighted by Gasteiger charge is 2.20. The van der Waals surface area contributed by atoms with Crippen LogP contribution in [0.25, 0.3) is 0 Å². The molecule has 1 saturated carbocycles. The lowest BCUT2D eigenvalue weighted by Crippen LogP contribution is -2.27. The standard InChI is InChI=1S/C11H17N3O4S/c15-11(16)10-6-9(7-13-10)19(17,18)14-5-1-4-12-8-2-3-8/h6-8,12-14H,1-5H2,(H,15,16). The second-order valence-electron chi connectivity index (χ2n) is 4.53. The van der Waals surface area contributed by atoms with E-state index < -0.39 is 16.0 Å². The third kappa shape index (κ3) is 4.05. The van der Waals surface area contributed by atoms with Crippen LogP contribution in [-0.2, 0) is 10.0 Å². The fraction of sp³-hybridized carbons (Fsp3) is 0.545. The molecule has 8 heteroatoms. The molecule has 0 radical (unpaired) electrons. The van der Waals surface area contributed by atoms with Gasteiger partial charge < -0.3 is 15.4 Å². The zero-order valence-electron chi connectivity index (χ0n) is 10.3. The van der Waals surface area contributed by atoms with Crippen LogP contribution in [0, 0.1) is 0 Å². The molecule has 7 nitrogen and oxygen atoms in total. The molecule has 106 valence electrons. The van der Waals surface area contributed by atoms with Crippen molar-refractivity contribution in [3.8, 4) is 0 Å². The minimum Gasteiger partial charge on any atom is -0.477 e. The van der Waals surface area contributed by atoms with Crippen molar-refractivity contribution in [2.75, 3.05) is 13.1 Å². The maximum Gasteiger partial charge on any atom is 0.352 e. The first-order chi connectivity index (χ1) is 8.99. The summed E-state index contributed by atoms with van der Waals surface area (Å²) in [6.07, 6.45) is 4.28. The van der Waals surface area contributed by atoms with Crippen LogP contribution in [0.1, 0.15) is 29.8 Å². The molecule has 1 aromatic heterocycles. The molecular formula is C11H17N3O4S. The van der Waals surface area contributed by atoms with Crippen molar-refractivity contribution in [3.05, 3.63) is 18.0 Å². The molecule has 0 saturated heterocycles. The van der Waals surface area contributed by atoms with E-state index in [9.17, 15) is 13.2 Å². The largest absolute Gasteiger partial charge is 0.477 e. The Morgan fingerprint density at radius 1 is 1.42 bits per heavy atom. The van der Waals surface area contributed by atoms with Crippen molar-refractivity contribution in [2.45, 2.75) is 30.2 Å². The van der Waals surface area contributed by atoms with Crippen LogP contribution in [0.3, 0.4) is 0 Å². The summed E-state index contributed by atoms with van der Waals surface area (Å²) in [4.78, 5) is 13.0. The number of H-pyrrole nitrogens is 1. The second-order valence-corrected chi connectivity index (χ2v) is 6.30. The Hall–Kier alpha value is -1.38. The third-order valence-corrected chi connectivity index (χ3v) is 4.29. The number of aromatic amines is 1. The number of hydrogen-bond acceptors (Lipinski definition) is 4. The molecule has 1 aliphatic rings. The van der Waals surface area contributed by atoms with Crippen molar-refractivity contribution < 1.29 is 18.3 Å². The maximum absolute atomic E-state index is 11.8. The molecule has 0 atom stereocenters. The topological polar surface area (TPSA) is 111 Å². The van der Waals surface area contributed by atoms with Gasteiger partial charge in [-0.1, -0.05) is 0 Å². The highest BCUT2D eigenvalue weighted by atomic mass is 32.2. The molecule has 0 aromatic carbocycles. The van der Waals surface area contributed by atoms with Crippen LogP contribution in [0.4, 0.5) is 0 Å². The lowest BCUT2D eigenvalue weighted by atomic mass is 10.4. The fourth-order valence-corrected chi connectivity index (χ4v) is 2.69. The molecule has 19 heavy (non-hydrogen) atoms. The van der Waals surface area contributed by atoms with Crippen molar-refractivity contribution >= 4 is 16.0 Å². The van der Waals surface area contributed by atoms with Gasteiger partial charge in [-0.05, 0) is 31.9 Å². The lowest BCUT2D eigenvalue weighted by Gasteiger charge is -2.05. The first-order valence-electron chi connectivity index (χ1n) is 6.14. The number of carboxylic acid groups (broad SMARTS) is 1. The van der Waals surface area contributed by atoms with E-state index in [0.29, 0.717) is 19.0 Å². The molecule has 4 N–H and O–H groups in total. The van der Waals surface area contributed by atoms with Crippen LogP contribution in [-0.4, -0.2) is 43.6 Å². The number of aromatic nitrogens is 1. The number of carboxylic acids is 1. The SMILES string of the molecule is O=C(O)c1cc(S(=O)(=O)NCCCNC2CC2)c[nH]1. The van der Waals surface area contributed by atoms with E-state index in [4.69, 9.17) is 5.11 Å². The smallest absolute Gasteiger partial charge is 0.352 e. The average Bonchev–Trinajstić information content (AvgIpc) is 3.01. The van der Waals surface area contributed by atoms with E-state index in [1.165, 1.54) is 19.0 Å². The van der Waals surface area contributed by atoms with Crippen molar-refractivity contribution in [3.63, 3.8) is 0 Å². The average molecular weight is 287 g/mol. The van der Waals surface area contributed by atoms with Gasteiger partial charge in [0.05, 0.1) is 0 Å². The van der Waals surface area contributed by atoms with Gasteiger partial charge in [0.1, 0.15) is 10.6 Å². The van der Waals surface area contributed by atoms with Gasteiger partial charge in [-0.25, -0.2) is 17.9 Å². The first kappa shape index (κ1) is 14.0. The Morgan fingerprint density at radius 2 is 2.16 bits per heavy atom. The molecule has 0 aliphatic heterocycles. The Labute approximate surface area is 111 Å². The molecular weight excluding hydrogens is 270 g/mol. The zero-order valence-corrected chi connectivity index (χ0v) is 11.2. The molecule has 0 amide bonds. The van der Waals surface area contributed by atoms with Crippen LogP contribution >= 0.6 is 0 Å². The van der Waals surface area contributed by atoms with Crippen LogP contribution < -0.4 is 10.0 Å². The third-order valence-electron chi connectivity index (χ3n) is 2.85. The summed E-state index contributed by atoms with van der Waals surface area (Å²) in [6, 6.07) is 1.71. The van der Waals surface area contributed by atoms with E-state index >= 15 is 0 Å². The van der Waals surface area contributed by atoms with Crippen molar-refractivity contribution in [1.29, 1.82) is 0 Å². The predicted molar refractivity (Wildman–Crippen MR) is 68.6 cm³/mol. The number of rotatable bonds is 8. The van der Waals surface area contributed by atoms with Gasteiger partial charge in [0.25, 0.3) is 0 Å². The molecule has 2 rings (SSSR count).